The maximum Gasteiger partial charge on any atom is 0.0426 e. The maximum absolute atomic E-state index is 5.98. The van der Waals surface area contributed by atoms with Gasteiger partial charge in [0.25, 0.3) is 0 Å². The number of nitrogens with one attached hydrogen (secondary N) is 1. The van der Waals surface area contributed by atoms with E-state index in [0.717, 1.165) is 31.5 Å². The third-order valence-electron chi connectivity index (χ3n) is 2.52. The predicted molar refractivity (Wildman–Crippen MR) is 66.5 cm³/mol. The summed E-state index contributed by atoms with van der Waals surface area (Å²) in [5.74, 6) is 0. The van der Waals surface area contributed by atoms with Gasteiger partial charge in [-0.05, 0) is 55.3 Å². The fourth-order valence-electron chi connectivity index (χ4n) is 1.80. The highest BCUT2D eigenvalue weighted by molar-refractivity contribution is 6.34. The molecule has 80 valence electrons. The van der Waals surface area contributed by atoms with Crippen molar-refractivity contribution in [3.63, 3.8) is 0 Å². The molecule has 0 amide bonds. The Morgan fingerprint density at radius 3 is 2.47 bits per heavy atom. The Hall–Kier alpha value is -0.500. The Morgan fingerprint density at radius 2 is 1.73 bits per heavy atom. The van der Waals surface area contributed by atoms with Gasteiger partial charge in [-0.25, -0.2) is 0 Å². The fraction of sp³-hybridized carbons (Fsp3) is 0.333. The van der Waals surface area contributed by atoms with E-state index in [-0.39, 0.29) is 0 Å². The second-order valence-electron chi connectivity index (χ2n) is 3.68. The molecule has 1 heterocycles. The van der Waals surface area contributed by atoms with E-state index in [9.17, 15) is 0 Å². The highest BCUT2D eigenvalue weighted by Gasteiger charge is 2.06. The third-order valence-corrected chi connectivity index (χ3v) is 2.95. The van der Waals surface area contributed by atoms with E-state index in [0.29, 0.717) is 10.0 Å². The lowest BCUT2D eigenvalue weighted by Crippen LogP contribution is -2.13. The normalized spacial score (nSPS) is 17.1. The van der Waals surface area contributed by atoms with Gasteiger partial charge >= 0.3 is 0 Å². The van der Waals surface area contributed by atoms with Crippen LogP contribution in [0.25, 0.3) is 5.57 Å². The molecule has 0 aliphatic carbocycles. The van der Waals surface area contributed by atoms with Crippen molar-refractivity contribution in [2.75, 3.05) is 13.1 Å². The van der Waals surface area contributed by atoms with Gasteiger partial charge in [-0.15, -0.1) is 0 Å². The fourth-order valence-corrected chi connectivity index (χ4v) is 2.33. The lowest BCUT2D eigenvalue weighted by atomic mass is 10.0. The van der Waals surface area contributed by atoms with Gasteiger partial charge in [0.1, 0.15) is 0 Å². The Bertz CT molecular complexity index is 365. The van der Waals surface area contributed by atoms with Crippen molar-refractivity contribution in [2.24, 2.45) is 0 Å². The average Bonchev–Trinajstić information content (AvgIpc) is 2.43. The second-order valence-corrected chi connectivity index (χ2v) is 4.55. The molecule has 0 bridgehead atoms. The molecular formula is C12H13Cl2N. The topological polar surface area (TPSA) is 12.0 Å². The van der Waals surface area contributed by atoms with Crippen molar-refractivity contribution in [1.29, 1.82) is 0 Å². The first-order chi connectivity index (χ1) is 7.25. The van der Waals surface area contributed by atoms with Crippen molar-refractivity contribution in [3.05, 3.63) is 39.9 Å². The summed E-state index contributed by atoms with van der Waals surface area (Å²) in [6, 6.07) is 5.72. The smallest absolute Gasteiger partial charge is 0.0426 e. The predicted octanol–water partition coefficient (Wildman–Crippen LogP) is 3.76. The van der Waals surface area contributed by atoms with Crippen LogP contribution in [0.15, 0.2) is 24.3 Å². The van der Waals surface area contributed by atoms with Crippen LogP contribution in [0, 0.1) is 0 Å². The van der Waals surface area contributed by atoms with Crippen LogP contribution in [-0.2, 0) is 0 Å². The van der Waals surface area contributed by atoms with Gasteiger partial charge in [0.2, 0.25) is 0 Å². The molecule has 1 aliphatic rings. The molecule has 1 nitrogen and oxygen atoms in total. The minimum atomic E-state index is 0.704. The van der Waals surface area contributed by atoms with Crippen LogP contribution in [0.5, 0.6) is 0 Å². The quantitative estimate of drug-likeness (QED) is 0.790. The standard InChI is InChI=1S/C12H13Cl2N/c13-11-6-10(7-12(14)8-11)9-2-1-4-15-5-3-9/h2,6-8,15H,1,3-5H2. The van der Waals surface area contributed by atoms with E-state index in [4.69, 9.17) is 23.2 Å². The second kappa shape index (κ2) is 5.02. The van der Waals surface area contributed by atoms with Crippen molar-refractivity contribution < 1.29 is 0 Å². The van der Waals surface area contributed by atoms with Crippen molar-refractivity contribution in [2.45, 2.75) is 12.8 Å². The van der Waals surface area contributed by atoms with Crippen molar-refractivity contribution >= 4 is 28.8 Å². The summed E-state index contributed by atoms with van der Waals surface area (Å²) in [5, 5.41) is 4.77. The molecule has 1 aromatic rings. The van der Waals surface area contributed by atoms with Crippen LogP contribution in [0.1, 0.15) is 18.4 Å². The van der Waals surface area contributed by atoms with Crippen LogP contribution in [0.4, 0.5) is 0 Å². The molecule has 1 aromatic carbocycles. The molecule has 3 heteroatoms. The first-order valence-corrected chi connectivity index (χ1v) is 5.87. The summed E-state index contributed by atoms with van der Waals surface area (Å²) >= 11 is 12.0. The summed E-state index contributed by atoms with van der Waals surface area (Å²) in [6.45, 7) is 2.08. The van der Waals surface area contributed by atoms with Gasteiger partial charge in [-0.2, -0.15) is 0 Å². The minimum absolute atomic E-state index is 0.704. The van der Waals surface area contributed by atoms with E-state index in [1.165, 1.54) is 5.57 Å². The largest absolute Gasteiger partial charge is 0.316 e. The molecule has 0 saturated carbocycles. The van der Waals surface area contributed by atoms with Gasteiger partial charge in [-0.1, -0.05) is 29.3 Å². The molecule has 15 heavy (non-hydrogen) atoms. The lowest BCUT2D eigenvalue weighted by Gasteiger charge is -2.06. The number of halogens is 2. The minimum Gasteiger partial charge on any atom is -0.316 e. The zero-order chi connectivity index (χ0) is 10.7. The van der Waals surface area contributed by atoms with Gasteiger partial charge in [0, 0.05) is 10.0 Å². The summed E-state index contributed by atoms with van der Waals surface area (Å²) in [7, 11) is 0. The molecular weight excluding hydrogens is 229 g/mol. The molecule has 0 saturated heterocycles. The number of hydrogen-bond acceptors (Lipinski definition) is 1. The summed E-state index contributed by atoms with van der Waals surface area (Å²) in [5.41, 5.74) is 2.49. The number of rotatable bonds is 1. The summed E-state index contributed by atoms with van der Waals surface area (Å²) < 4.78 is 0. The molecule has 0 radical (unpaired) electrons. The van der Waals surface area contributed by atoms with E-state index >= 15 is 0 Å². The van der Waals surface area contributed by atoms with Crippen molar-refractivity contribution in [3.8, 4) is 0 Å². The molecule has 0 aromatic heterocycles. The lowest BCUT2D eigenvalue weighted by molar-refractivity contribution is 0.718. The van der Waals surface area contributed by atoms with Gasteiger partial charge < -0.3 is 5.32 Å². The highest BCUT2D eigenvalue weighted by Crippen LogP contribution is 2.26. The Labute approximate surface area is 100 Å². The molecule has 2 rings (SSSR count). The zero-order valence-corrected chi connectivity index (χ0v) is 9.91. The highest BCUT2D eigenvalue weighted by atomic mass is 35.5. The monoisotopic (exact) mass is 241 g/mol. The summed E-state index contributed by atoms with van der Waals surface area (Å²) in [4.78, 5) is 0. The van der Waals surface area contributed by atoms with Crippen LogP contribution in [0.3, 0.4) is 0 Å². The maximum atomic E-state index is 5.98. The average molecular weight is 242 g/mol. The first kappa shape index (κ1) is 11.0. The number of hydrogen-bond donors (Lipinski definition) is 1. The van der Waals surface area contributed by atoms with Crippen LogP contribution in [-0.4, -0.2) is 13.1 Å². The Morgan fingerprint density at radius 1 is 1.00 bits per heavy atom. The number of benzene rings is 1. The first-order valence-electron chi connectivity index (χ1n) is 5.12. The van der Waals surface area contributed by atoms with Gasteiger partial charge in [-0.3, -0.25) is 0 Å². The Balaban J connectivity index is 2.31. The molecule has 0 fully saturated rings. The van der Waals surface area contributed by atoms with E-state index < -0.39 is 0 Å². The molecule has 1 aliphatic heterocycles. The van der Waals surface area contributed by atoms with Gasteiger partial charge in [0.15, 0.2) is 0 Å². The zero-order valence-electron chi connectivity index (χ0n) is 8.39. The van der Waals surface area contributed by atoms with Crippen molar-refractivity contribution in [1.82, 2.24) is 5.32 Å². The van der Waals surface area contributed by atoms with Gasteiger partial charge in [0.05, 0.1) is 0 Å². The van der Waals surface area contributed by atoms with Crippen LogP contribution in [0.2, 0.25) is 10.0 Å². The molecule has 0 atom stereocenters. The van der Waals surface area contributed by atoms with Crippen LogP contribution >= 0.6 is 23.2 Å². The van der Waals surface area contributed by atoms with Crippen LogP contribution < -0.4 is 5.32 Å². The molecule has 0 unspecified atom stereocenters. The third kappa shape index (κ3) is 2.97. The summed E-state index contributed by atoms with van der Waals surface area (Å²) in [6.07, 6.45) is 4.37. The van der Waals surface area contributed by atoms with E-state index in [1.807, 2.05) is 12.1 Å². The SMILES string of the molecule is Clc1cc(Cl)cc(C2=CCCNCC2)c1. The molecule has 0 spiro atoms. The van der Waals surface area contributed by atoms with E-state index in [2.05, 4.69) is 11.4 Å². The van der Waals surface area contributed by atoms with E-state index in [1.54, 1.807) is 6.07 Å². The molecule has 1 N–H and O–H groups in total. The Kier molecular flexibility index (Phi) is 3.68.